The Labute approximate surface area is 126 Å². The van der Waals surface area contributed by atoms with Gasteiger partial charge in [0, 0.05) is 0 Å². The third kappa shape index (κ3) is 321. The van der Waals surface area contributed by atoms with Crippen LogP contribution < -0.4 is 0 Å². The van der Waals surface area contributed by atoms with Crippen molar-refractivity contribution in [3.8, 4) is 0 Å². The molecule has 6 N–H and O–H groups in total. The van der Waals surface area contributed by atoms with Crippen molar-refractivity contribution in [1.29, 1.82) is 0 Å². The van der Waals surface area contributed by atoms with Crippen molar-refractivity contribution >= 4 is 37.1 Å². The maximum absolute atomic E-state index is 7.56. The Balaban J connectivity index is -0.0000000400. The Bertz CT molecular complexity index is 180. The second kappa shape index (κ2) is 17.7. The minimum absolute atomic E-state index is 0. The summed E-state index contributed by atoms with van der Waals surface area (Å²) in [6, 6.07) is 0. The third-order valence-corrected chi connectivity index (χ3v) is 0.604. The Kier molecular flexibility index (Phi) is 32.5. The van der Waals surface area contributed by atoms with Crippen LogP contribution in [0.2, 0.25) is 0 Å². The monoisotopic (exact) mass is 378 g/mol. The van der Waals surface area contributed by atoms with E-state index in [9.17, 15) is 0 Å². The van der Waals surface area contributed by atoms with Gasteiger partial charge in [0.25, 0.3) is 0 Å². The molecule has 0 aromatic carbocycles. The standard InChI is InChI=1S/C5H11.CH3.2H3O3PS.Zn/c1-3-5-4-2;;2*1-4(2,3)5;/h1,3-5H2,2H3;1H3;2*(H3,1,2,3,5);/q2*-1;;;+2. The van der Waals surface area contributed by atoms with Crippen molar-refractivity contribution in [3.63, 3.8) is 0 Å². The number of hydrogen-bond donors (Lipinski definition) is 6. The van der Waals surface area contributed by atoms with Gasteiger partial charge in [-0.1, -0.05) is 19.8 Å². The number of rotatable bonds is 2. The summed E-state index contributed by atoms with van der Waals surface area (Å²) >= 11 is 7.21. The van der Waals surface area contributed by atoms with Crippen LogP contribution in [-0.2, 0) is 43.1 Å². The summed E-state index contributed by atoms with van der Waals surface area (Å²) in [7, 11) is 0. The van der Waals surface area contributed by atoms with Crippen LogP contribution in [-0.4, -0.2) is 29.4 Å². The average molecular weight is 380 g/mol. The summed E-state index contributed by atoms with van der Waals surface area (Å²) < 4.78 is 0. The van der Waals surface area contributed by atoms with Crippen molar-refractivity contribution in [1.82, 2.24) is 0 Å². The summed E-state index contributed by atoms with van der Waals surface area (Å²) in [4.78, 5) is 45.3. The molecule has 0 amide bonds. The molecule has 0 aliphatic carbocycles. The summed E-state index contributed by atoms with van der Waals surface area (Å²) in [5, 5.41) is 0. The van der Waals surface area contributed by atoms with Gasteiger partial charge < -0.3 is 43.7 Å². The molecule has 6 nitrogen and oxygen atoms in total. The predicted molar refractivity (Wildman–Crippen MR) is 73.2 cm³/mol. The van der Waals surface area contributed by atoms with Crippen LogP contribution in [0.3, 0.4) is 0 Å². The predicted octanol–water partition coefficient (Wildman–Crippen LogP) is 0.834. The topological polar surface area (TPSA) is 121 Å². The Morgan fingerprint density at radius 1 is 0.941 bits per heavy atom. The number of hydrogen-bond acceptors (Lipinski definition) is 2. The fourth-order valence-corrected chi connectivity index (χ4v) is 0.250. The summed E-state index contributed by atoms with van der Waals surface area (Å²) in [5.41, 5.74) is 0. The molecule has 11 heteroatoms. The van der Waals surface area contributed by atoms with E-state index in [1.165, 1.54) is 12.8 Å². The van der Waals surface area contributed by atoms with Gasteiger partial charge >= 0.3 is 32.9 Å². The minimum Gasteiger partial charge on any atom is -0.358 e. The molecular formula is C6H20O6P2S2Zn. The fraction of sp³-hybridized carbons (Fsp3) is 0.667. The number of unbranched alkanes of at least 4 members (excludes halogenated alkanes) is 2. The van der Waals surface area contributed by atoms with E-state index in [1.807, 2.05) is 0 Å². The molecule has 0 bridgehead atoms. The van der Waals surface area contributed by atoms with E-state index >= 15 is 0 Å². The van der Waals surface area contributed by atoms with Gasteiger partial charge in [-0.2, -0.15) is 6.42 Å². The van der Waals surface area contributed by atoms with Gasteiger partial charge in [-0.3, -0.25) is 0 Å². The van der Waals surface area contributed by atoms with E-state index in [0.29, 0.717) is 0 Å². The van der Waals surface area contributed by atoms with Crippen LogP contribution in [0.15, 0.2) is 0 Å². The largest absolute Gasteiger partial charge is 2.00 e. The average Bonchev–Trinajstić information content (AvgIpc) is 1.80. The molecule has 0 atom stereocenters. The van der Waals surface area contributed by atoms with Gasteiger partial charge in [0.05, 0.1) is 0 Å². The summed E-state index contributed by atoms with van der Waals surface area (Å²) in [6.07, 6.45) is 3.65. The first kappa shape index (κ1) is 31.2. The molecule has 0 rings (SSSR count). The van der Waals surface area contributed by atoms with E-state index in [4.69, 9.17) is 29.4 Å². The second-order valence-corrected chi connectivity index (χ2v) is 7.23. The van der Waals surface area contributed by atoms with Crippen LogP contribution in [0.4, 0.5) is 0 Å². The molecule has 0 aromatic rings. The van der Waals surface area contributed by atoms with Crippen molar-refractivity contribution in [2.24, 2.45) is 0 Å². The fourth-order valence-electron chi connectivity index (χ4n) is 0.250. The molecule has 0 aliphatic heterocycles. The molecule has 0 saturated heterocycles. The van der Waals surface area contributed by atoms with Gasteiger partial charge in [0.15, 0.2) is 0 Å². The molecule has 0 spiro atoms. The van der Waals surface area contributed by atoms with Crippen molar-refractivity contribution in [2.75, 3.05) is 0 Å². The van der Waals surface area contributed by atoms with Crippen LogP contribution in [0.25, 0.3) is 0 Å². The van der Waals surface area contributed by atoms with Gasteiger partial charge in [-0.15, -0.1) is 0 Å². The zero-order valence-corrected chi connectivity index (χ0v) is 16.3. The Hall–Kier alpha value is 1.68. The summed E-state index contributed by atoms with van der Waals surface area (Å²) in [6.45, 7) is -1.76. The van der Waals surface area contributed by atoms with Gasteiger partial charge in [0.1, 0.15) is 0 Å². The van der Waals surface area contributed by atoms with Crippen molar-refractivity contribution < 1.29 is 48.8 Å². The third-order valence-electron chi connectivity index (χ3n) is 0.604. The minimum atomic E-state index is -3.81. The van der Waals surface area contributed by atoms with Crippen LogP contribution >= 0.6 is 13.4 Å². The van der Waals surface area contributed by atoms with E-state index < -0.39 is 13.4 Å². The molecule has 104 valence electrons. The Morgan fingerprint density at radius 3 is 1.12 bits per heavy atom. The van der Waals surface area contributed by atoms with E-state index in [1.54, 1.807) is 0 Å². The SMILES string of the molecule is OP(O)(O)=S.OP(O)(O)=S.[CH2-]CCCC.[CH3-].[Zn+2]. The first-order valence-electron chi connectivity index (χ1n) is 3.77. The maximum atomic E-state index is 7.56. The molecule has 0 unspecified atom stereocenters. The van der Waals surface area contributed by atoms with E-state index in [0.717, 1.165) is 6.42 Å². The first-order valence-corrected chi connectivity index (χ1v) is 9.09. The van der Waals surface area contributed by atoms with Gasteiger partial charge in [0.2, 0.25) is 0 Å². The quantitative estimate of drug-likeness (QED) is 0.237. The molecule has 0 aliphatic rings. The van der Waals surface area contributed by atoms with Gasteiger partial charge in [-0.25, -0.2) is 0 Å². The maximum Gasteiger partial charge on any atom is 2.00 e. The molecule has 0 aromatic heterocycles. The molecule has 0 saturated carbocycles. The van der Waals surface area contributed by atoms with E-state index in [2.05, 4.69) is 37.5 Å². The molecule has 0 fully saturated rings. The van der Waals surface area contributed by atoms with Crippen molar-refractivity contribution in [3.05, 3.63) is 14.4 Å². The molecule has 17 heavy (non-hydrogen) atoms. The van der Waals surface area contributed by atoms with Crippen LogP contribution in [0.1, 0.15) is 26.2 Å². The van der Waals surface area contributed by atoms with Crippen molar-refractivity contribution in [2.45, 2.75) is 26.2 Å². The smallest absolute Gasteiger partial charge is 0.358 e. The molecule has 0 heterocycles. The first-order chi connectivity index (χ1) is 6.41. The normalized spacial score (nSPS) is 9.41. The van der Waals surface area contributed by atoms with E-state index in [-0.39, 0.29) is 26.9 Å². The summed E-state index contributed by atoms with van der Waals surface area (Å²) in [5.74, 6) is 0. The Morgan fingerprint density at radius 2 is 1.12 bits per heavy atom. The van der Waals surface area contributed by atoms with Gasteiger partial charge in [-0.05, 0) is 23.6 Å². The van der Waals surface area contributed by atoms with Crippen LogP contribution in [0.5, 0.6) is 0 Å². The molecular weight excluding hydrogens is 360 g/mol. The zero-order valence-electron chi connectivity index (χ0n) is 9.93. The molecule has 0 radical (unpaired) electrons. The zero-order chi connectivity index (χ0) is 13.1. The van der Waals surface area contributed by atoms with Crippen LogP contribution in [0, 0.1) is 14.4 Å². The second-order valence-electron chi connectivity index (χ2n) is 2.23.